The third-order valence-electron chi connectivity index (χ3n) is 7.23. The number of carbonyl (C=O) groups is 2. The molecule has 2 amide bonds. The number of nitrogens with one attached hydrogen (secondary N) is 1. The molecule has 0 radical (unpaired) electrons. The molecule has 1 N–H and O–H groups in total. The maximum absolute atomic E-state index is 14.1. The van der Waals surface area contributed by atoms with Crippen LogP contribution in [0.15, 0.2) is 42.5 Å². The first kappa shape index (κ1) is 30.4. The number of ether oxygens (including phenoxy) is 1. The van der Waals surface area contributed by atoms with Crippen LogP contribution in [0.5, 0.6) is 5.75 Å². The van der Waals surface area contributed by atoms with Crippen LogP contribution in [-0.2, 0) is 26.3 Å². The van der Waals surface area contributed by atoms with Gasteiger partial charge in [0.05, 0.1) is 12.8 Å². The molecule has 0 spiro atoms. The number of rotatable bonds is 12. The first-order valence-corrected chi connectivity index (χ1v) is 14.9. The molecule has 2 aromatic rings. The second-order valence-electron chi connectivity index (χ2n) is 10.4. The summed E-state index contributed by atoms with van der Waals surface area (Å²) in [4.78, 5) is 29.1. The largest absolute Gasteiger partial charge is 0.497 e. The molecule has 2 aromatic carbocycles. The topological polar surface area (TPSA) is 99.3 Å². The molecule has 0 unspecified atom stereocenters. The van der Waals surface area contributed by atoms with E-state index in [9.17, 15) is 18.0 Å². The molecule has 0 bridgehead atoms. The van der Waals surface area contributed by atoms with Crippen molar-refractivity contribution in [3.63, 3.8) is 0 Å². The standard InChI is InChI=1S/C29H42N4O5S/c1-7-26(29(35)30-24-12-8-9-13-24)32(19-23-11-10-14-25(18-23)38-6)28(34)20-33(39(36,37)31(4)5)27-17-21(2)15-16-22(27)3/h10-11,14-18,24,26H,7-9,12-13,19-20H2,1-6H3,(H,30,35)/t26-/m0/s1. The molecule has 0 aliphatic heterocycles. The number of anilines is 1. The van der Waals surface area contributed by atoms with Crippen LogP contribution in [0.25, 0.3) is 0 Å². The summed E-state index contributed by atoms with van der Waals surface area (Å²) in [6.45, 7) is 5.25. The molecule has 1 aliphatic rings. The van der Waals surface area contributed by atoms with E-state index in [4.69, 9.17) is 4.74 Å². The zero-order valence-electron chi connectivity index (χ0n) is 23.9. The van der Waals surface area contributed by atoms with Crippen molar-refractivity contribution in [2.75, 3.05) is 32.1 Å². The van der Waals surface area contributed by atoms with Gasteiger partial charge in [-0.3, -0.25) is 9.59 Å². The van der Waals surface area contributed by atoms with Crippen molar-refractivity contribution in [3.05, 3.63) is 59.2 Å². The average Bonchev–Trinajstić information content (AvgIpc) is 3.41. The van der Waals surface area contributed by atoms with Crippen LogP contribution in [0.2, 0.25) is 0 Å². The average molecular weight is 559 g/mol. The fraction of sp³-hybridized carbons (Fsp3) is 0.517. The van der Waals surface area contributed by atoms with Gasteiger partial charge in [0.1, 0.15) is 18.3 Å². The lowest BCUT2D eigenvalue weighted by Crippen LogP contribution is -2.54. The third kappa shape index (κ3) is 7.51. The van der Waals surface area contributed by atoms with Gasteiger partial charge < -0.3 is 15.0 Å². The minimum atomic E-state index is -4.02. The van der Waals surface area contributed by atoms with E-state index >= 15 is 0 Å². The third-order valence-corrected chi connectivity index (χ3v) is 9.03. The van der Waals surface area contributed by atoms with Crippen molar-refractivity contribution in [2.24, 2.45) is 0 Å². The number of aryl methyl sites for hydroxylation is 2. The second-order valence-corrected chi connectivity index (χ2v) is 12.4. The Morgan fingerprint density at radius 3 is 2.38 bits per heavy atom. The highest BCUT2D eigenvalue weighted by molar-refractivity contribution is 7.90. The Kier molecular flexibility index (Phi) is 10.4. The fourth-order valence-corrected chi connectivity index (χ4v) is 6.06. The Hall–Kier alpha value is -3.11. The Bertz CT molecular complexity index is 1260. The van der Waals surface area contributed by atoms with Crippen molar-refractivity contribution < 1.29 is 22.7 Å². The first-order chi connectivity index (χ1) is 18.5. The van der Waals surface area contributed by atoms with Crippen molar-refractivity contribution in [2.45, 2.75) is 71.5 Å². The van der Waals surface area contributed by atoms with Crippen molar-refractivity contribution in [1.29, 1.82) is 0 Å². The van der Waals surface area contributed by atoms with Gasteiger partial charge in [-0.15, -0.1) is 0 Å². The number of hydrogen-bond acceptors (Lipinski definition) is 5. The lowest BCUT2D eigenvalue weighted by Gasteiger charge is -2.34. The number of nitrogens with zero attached hydrogens (tertiary/aromatic N) is 3. The van der Waals surface area contributed by atoms with E-state index in [1.54, 1.807) is 13.2 Å². The van der Waals surface area contributed by atoms with Crippen molar-refractivity contribution in [1.82, 2.24) is 14.5 Å². The van der Waals surface area contributed by atoms with Crippen LogP contribution in [0, 0.1) is 13.8 Å². The van der Waals surface area contributed by atoms with Gasteiger partial charge >= 0.3 is 10.2 Å². The smallest absolute Gasteiger partial charge is 0.304 e. The molecule has 0 aromatic heterocycles. The number of hydrogen-bond donors (Lipinski definition) is 1. The molecule has 9 nitrogen and oxygen atoms in total. The summed E-state index contributed by atoms with van der Waals surface area (Å²) in [5.74, 6) is -0.0393. The summed E-state index contributed by atoms with van der Waals surface area (Å²) < 4.78 is 34.6. The summed E-state index contributed by atoms with van der Waals surface area (Å²) >= 11 is 0. The number of methoxy groups -OCH3 is 1. The molecule has 1 atom stereocenters. The highest BCUT2D eigenvalue weighted by atomic mass is 32.2. The zero-order valence-corrected chi connectivity index (χ0v) is 24.8. The van der Waals surface area contributed by atoms with E-state index in [0.717, 1.165) is 51.0 Å². The first-order valence-electron chi connectivity index (χ1n) is 13.5. The van der Waals surface area contributed by atoms with E-state index in [-0.39, 0.29) is 18.5 Å². The van der Waals surface area contributed by atoms with Gasteiger partial charge in [-0.05, 0) is 68.0 Å². The van der Waals surface area contributed by atoms with Gasteiger partial charge in [0, 0.05) is 26.7 Å². The summed E-state index contributed by atoms with van der Waals surface area (Å²) in [6.07, 6.45) is 4.38. The molecule has 1 aliphatic carbocycles. The van der Waals surface area contributed by atoms with Gasteiger partial charge in [0.2, 0.25) is 11.8 Å². The Morgan fingerprint density at radius 2 is 1.77 bits per heavy atom. The van der Waals surface area contributed by atoms with Crippen LogP contribution in [0.4, 0.5) is 5.69 Å². The second kappa shape index (κ2) is 13.3. The number of carbonyl (C=O) groups excluding carboxylic acids is 2. The molecule has 3 rings (SSSR count). The normalized spacial score (nSPS) is 14.7. The predicted octanol–water partition coefficient (Wildman–Crippen LogP) is 3.79. The summed E-state index contributed by atoms with van der Waals surface area (Å²) in [5, 5.41) is 3.13. The van der Waals surface area contributed by atoms with Gasteiger partial charge in [0.25, 0.3) is 0 Å². The summed E-state index contributed by atoms with van der Waals surface area (Å²) in [5.41, 5.74) is 2.81. The van der Waals surface area contributed by atoms with Crippen LogP contribution in [0.1, 0.15) is 55.7 Å². The summed E-state index contributed by atoms with van der Waals surface area (Å²) in [6, 6.07) is 12.2. The van der Waals surface area contributed by atoms with Crippen molar-refractivity contribution >= 4 is 27.7 Å². The minimum Gasteiger partial charge on any atom is -0.497 e. The zero-order chi connectivity index (χ0) is 28.7. The maximum atomic E-state index is 14.1. The molecule has 0 saturated heterocycles. The van der Waals surface area contributed by atoms with Crippen molar-refractivity contribution in [3.8, 4) is 5.75 Å². The number of benzene rings is 2. The molecular weight excluding hydrogens is 516 g/mol. The Balaban J connectivity index is 2.01. The van der Waals surface area contributed by atoms with Gasteiger partial charge in [0.15, 0.2) is 0 Å². The number of amides is 2. The van der Waals surface area contributed by atoms with E-state index < -0.39 is 28.7 Å². The maximum Gasteiger partial charge on any atom is 0.304 e. The van der Waals surface area contributed by atoms with Crippen LogP contribution in [0.3, 0.4) is 0 Å². The quantitative estimate of drug-likeness (QED) is 0.427. The molecular formula is C29H42N4O5S. The lowest BCUT2D eigenvalue weighted by molar-refractivity contribution is -0.140. The monoisotopic (exact) mass is 558 g/mol. The fourth-order valence-electron chi connectivity index (χ4n) is 4.94. The molecule has 1 fully saturated rings. The Labute approximate surface area is 233 Å². The van der Waals surface area contributed by atoms with Gasteiger partial charge in [-0.25, -0.2) is 4.31 Å². The minimum absolute atomic E-state index is 0.0980. The highest BCUT2D eigenvalue weighted by Crippen LogP contribution is 2.27. The van der Waals surface area contributed by atoms with Crippen LogP contribution < -0.4 is 14.4 Å². The van der Waals surface area contributed by atoms with Crippen LogP contribution >= 0.6 is 0 Å². The van der Waals surface area contributed by atoms with E-state index in [2.05, 4.69) is 5.32 Å². The molecule has 10 heteroatoms. The van der Waals surface area contributed by atoms with Gasteiger partial charge in [-0.2, -0.15) is 12.7 Å². The van der Waals surface area contributed by atoms with E-state index in [1.807, 2.05) is 57.2 Å². The van der Waals surface area contributed by atoms with Crippen LogP contribution in [-0.4, -0.2) is 69.3 Å². The SMILES string of the molecule is CC[C@@H](C(=O)NC1CCCC1)N(Cc1cccc(OC)c1)C(=O)CN(c1cc(C)ccc1C)S(=O)(=O)N(C)C. The molecule has 39 heavy (non-hydrogen) atoms. The van der Waals surface area contributed by atoms with Gasteiger partial charge in [-0.1, -0.05) is 44.0 Å². The molecule has 0 heterocycles. The predicted molar refractivity (Wildman–Crippen MR) is 154 cm³/mol. The highest BCUT2D eigenvalue weighted by Gasteiger charge is 2.35. The summed E-state index contributed by atoms with van der Waals surface area (Å²) in [7, 11) is 0.434. The molecule has 214 valence electrons. The lowest BCUT2D eigenvalue weighted by atomic mass is 10.1. The van der Waals surface area contributed by atoms with E-state index in [1.165, 1.54) is 19.0 Å². The molecule has 1 saturated carbocycles. The Morgan fingerprint density at radius 1 is 1.08 bits per heavy atom. The van der Waals surface area contributed by atoms with E-state index in [0.29, 0.717) is 17.9 Å².